The summed E-state index contributed by atoms with van der Waals surface area (Å²) in [4.78, 5) is 30.9. The van der Waals surface area contributed by atoms with Crippen LogP contribution in [0, 0.1) is 0 Å². The molecule has 2 aliphatic heterocycles. The van der Waals surface area contributed by atoms with Gasteiger partial charge in [0.15, 0.2) is 0 Å². The van der Waals surface area contributed by atoms with Crippen molar-refractivity contribution in [3.8, 4) is 11.1 Å². The minimum atomic E-state index is -6.49. The van der Waals surface area contributed by atoms with Crippen LogP contribution in [0.1, 0.15) is 52.7 Å². The van der Waals surface area contributed by atoms with Crippen molar-refractivity contribution in [2.75, 3.05) is 26.2 Å². The van der Waals surface area contributed by atoms with E-state index in [9.17, 15) is 40.3 Å². The van der Waals surface area contributed by atoms with Gasteiger partial charge in [-0.1, -0.05) is 73.2 Å². The third-order valence-electron chi connectivity index (χ3n) is 9.55. The van der Waals surface area contributed by atoms with Crippen molar-refractivity contribution in [3.05, 3.63) is 95.1 Å². The number of carbonyl (C=O) groups excluding carboxylic acids is 2. The van der Waals surface area contributed by atoms with Crippen LogP contribution >= 0.6 is 0 Å². The molecule has 1 saturated heterocycles. The van der Waals surface area contributed by atoms with E-state index in [2.05, 4.69) is 4.90 Å². The number of unbranched alkanes of at least 4 members (excludes halogenated alkanes) is 1. The first-order valence-electron chi connectivity index (χ1n) is 15.2. The van der Waals surface area contributed by atoms with E-state index in [1.165, 1.54) is 0 Å². The van der Waals surface area contributed by atoms with E-state index in [0.717, 1.165) is 24.1 Å². The Labute approximate surface area is 261 Å². The van der Waals surface area contributed by atoms with Crippen LogP contribution in [-0.2, 0) is 16.8 Å². The van der Waals surface area contributed by atoms with Gasteiger partial charge < -0.3 is 15.1 Å². The molecule has 0 aromatic heterocycles. The van der Waals surface area contributed by atoms with E-state index in [1.807, 2.05) is 29.2 Å². The highest BCUT2D eigenvalue weighted by molar-refractivity contribution is 6.00. The minimum absolute atomic E-state index is 0.0209. The maximum atomic E-state index is 14.3. The number of carbonyl (C=O) groups is 2. The highest BCUT2D eigenvalue weighted by Gasteiger charge is 2.73. The summed E-state index contributed by atoms with van der Waals surface area (Å²) in [5.74, 6) is -12.9. The van der Waals surface area contributed by atoms with Gasteiger partial charge in [0, 0.05) is 31.2 Å². The number of hydrogen-bond acceptors (Lipinski definition) is 3. The van der Waals surface area contributed by atoms with Crippen LogP contribution in [0.4, 0.5) is 30.7 Å². The van der Waals surface area contributed by atoms with Gasteiger partial charge in [-0.15, -0.1) is 0 Å². The summed E-state index contributed by atoms with van der Waals surface area (Å²) in [5, 5.41) is 1.78. The number of halogens is 7. The fourth-order valence-electron chi connectivity index (χ4n) is 7.18. The minimum Gasteiger partial charge on any atom is -0.349 e. The number of benzene rings is 3. The Kier molecular flexibility index (Phi) is 8.15. The van der Waals surface area contributed by atoms with Gasteiger partial charge in [0.25, 0.3) is 5.91 Å². The second-order valence-electron chi connectivity index (χ2n) is 12.2. The Balaban J connectivity index is 1.16. The summed E-state index contributed by atoms with van der Waals surface area (Å²) in [6.45, 7) is 0.475. The highest BCUT2D eigenvalue weighted by Crippen LogP contribution is 2.52. The second kappa shape index (κ2) is 11.7. The zero-order chi connectivity index (χ0) is 32.9. The number of likely N-dealkylation sites (tertiary alicyclic amines) is 1. The van der Waals surface area contributed by atoms with Crippen LogP contribution in [0.5, 0.6) is 0 Å². The van der Waals surface area contributed by atoms with Crippen molar-refractivity contribution < 1.29 is 40.3 Å². The third kappa shape index (κ3) is 5.24. The predicted octanol–water partition coefficient (Wildman–Crippen LogP) is 6.80. The Bertz CT molecular complexity index is 1600. The van der Waals surface area contributed by atoms with Gasteiger partial charge in [-0.2, -0.15) is 30.7 Å². The molecule has 1 aliphatic carbocycles. The van der Waals surface area contributed by atoms with Crippen LogP contribution in [0.25, 0.3) is 11.1 Å². The standard InChI is InChI=1S/C34H32F7N3O2/c35-32(36,33(37,38)34(39,40)41)21-42-30(46)31(27-13-5-3-11-25(27)26-12-4-6-14-28(26)31)16-7-8-17-43-18-15-23(20-43)44-19-22-9-1-2-10-24(22)29(44)45/h1-6,9-14,23H,7-8,15-21H2,(H,42,46). The maximum Gasteiger partial charge on any atom is 0.459 e. The molecule has 6 rings (SSSR count). The van der Waals surface area contributed by atoms with Gasteiger partial charge in [-0.25, -0.2) is 0 Å². The molecule has 1 unspecified atom stereocenters. The summed E-state index contributed by atoms with van der Waals surface area (Å²) in [6.07, 6.45) is -4.54. The van der Waals surface area contributed by atoms with Crippen molar-refractivity contribution in [2.45, 2.75) is 61.7 Å². The first-order chi connectivity index (χ1) is 21.8. The van der Waals surface area contributed by atoms with E-state index >= 15 is 0 Å². The lowest BCUT2D eigenvalue weighted by Crippen LogP contribution is -2.58. The first kappa shape index (κ1) is 32.0. The van der Waals surface area contributed by atoms with E-state index in [0.29, 0.717) is 54.7 Å². The Morgan fingerprint density at radius 3 is 2.02 bits per heavy atom. The fraction of sp³-hybridized carbons (Fsp3) is 0.412. The number of fused-ring (bicyclic) bond motifs is 4. The van der Waals surface area contributed by atoms with E-state index in [1.54, 1.807) is 53.8 Å². The van der Waals surface area contributed by atoms with Crippen LogP contribution in [0.2, 0.25) is 0 Å². The molecule has 0 bridgehead atoms. The number of alkyl halides is 7. The fourth-order valence-corrected chi connectivity index (χ4v) is 7.18. The molecule has 2 amide bonds. The molecule has 0 spiro atoms. The number of nitrogens with one attached hydrogen (secondary N) is 1. The molecule has 1 N–H and O–H groups in total. The lowest BCUT2D eigenvalue weighted by Gasteiger charge is -2.33. The van der Waals surface area contributed by atoms with Crippen molar-refractivity contribution in [1.82, 2.24) is 15.1 Å². The molecule has 1 atom stereocenters. The lowest BCUT2D eigenvalue weighted by molar-refractivity contribution is -0.352. The van der Waals surface area contributed by atoms with Gasteiger partial charge in [0.2, 0.25) is 5.91 Å². The molecular weight excluding hydrogens is 615 g/mol. The summed E-state index contributed by atoms with van der Waals surface area (Å²) in [5.41, 5.74) is 2.45. The normalized spacial score (nSPS) is 19.2. The van der Waals surface area contributed by atoms with Gasteiger partial charge in [-0.05, 0) is 59.7 Å². The molecule has 3 aromatic carbocycles. The van der Waals surface area contributed by atoms with Crippen LogP contribution in [-0.4, -0.2) is 71.9 Å². The monoisotopic (exact) mass is 647 g/mol. The smallest absolute Gasteiger partial charge is 0.349 e. The van der Waals surface area contributed by atoms with Gasteiger partial charge >= 0.3 is 18.0 Å². The lowest BCUT2D eigenvalue weighted by atomic mass is 9.73. The topological polar surface area (TPSA) is 52.7 Å². The van der Waals surface area contributed by atoms with Crippen molar-refractivity contribution in [3.63, 3.8) is 0 Å². The van der Waals surface area contributed by atoms with Crippen molar-refractivity contribution in [2.24, 2.45) is 0 Å². The first-order valence-corrected chi connectivity index (χ1v) is 15.2. The Hall–Kier alpha value is -3.93. The zero-order valence-electron chi connectivity index (χ0n) is 24.7. The molecule has 3 aromatic rings. The predicted molar refractivity (Wildman–Crippen MR) is 157 cm³/mol. The molecule has 5 nitrogen and oxygen atoms in total. The summed E-state index contributed by atoms with van der Waals surface area (Å²) < 4.78 is 94.2. The van der Waals surface area contributed by atoms with E-state index < -0.39 is 35.9 Å². The van der Waals surface area contributed by atoms with Gasteiger partial charge in [0.05, 0.1) is 6.54 Å². The molecule has 1 fully saturated rings. The number of amides is 2. The molecule has 46 heavy (non-hydrogen) atoms. The Morgan fingerprint density at radius 1 is 0.826 bits per heavy atom. The van der Waals surface area contributed by atoms with Crippen LogP contribution < -0.4 is 5.32 Å². The third-order valence-corrected chi connectivity index (χ3v) is 9.55. The second-order valence-corrected chi connectivity index (χ2v) is 12.2. The highest BCUT2D eigenvalue weighted by atomic mass is 19.4. The number of nitrogens with zero attached hydrogens (tertiary/aromatic N) is 2. The molecule has 0 radical (unpaired) electrons. The van der Waals surface area contributed by atoms with E-state index in [-0.39, 0.29) is 18.4 Å². The molecule has 12 heteroatoms. The van der Waals surface area contributed by atoms with Crippen LogP contribution in [0.15, 0.2) is 72.8 Å². The number of hydrogen-bond donors (Lipinski definition) is 1. The number of rotatable bonds is 10. The van der Waals surface area contributed by atoms with Gasteiger partial charge in [-0.3, -0.25) is 9.59 Å². The molecular formula is C34H32F7N3O2. The Morgan fingerprint density at radius 2 is 1.41 bits per heavy atom. The van der Waals surface area contributed by atoms with E-state index in [4.69, 9.17) is 0 Å². The van der Waals surface area contributed by atoms with Crippen LogP contribution in [0.3, 0.4) is 0 Å². The average molecular weight is 648 g/mol. The molecule has 0 saturated carbocycles. The maximum absolute atomic E-state index is 14.3. The largest absolute Gasteiger partial charge is 0.459 e. The summed E-state index contributed by atoms with van der Waals surface area (Å²) >= 11 is 0. The quantitative estimate of drug-likeness (QED) is 0.195. The van der Waals surface area contributed by atoms with Crippen molar-refractivity contribution >= 4 is 11.8 Å². The molecule has 3 aliphatic rings. The van der Waals surface area contributed by atoms with Gasteiger partial charge in [0.1, 0.15) is 5.41 Å². The summed E-state index contributed by atoms with van der Waals surface area (Å²) in [7, 11) is 0. The molecule has 2 heterocycles. The average Bonchev–Trinajstić information content (AvgIpc) is 3.71. The summed E-state index contributed by atoms with van der Waals surface area (Å²) in [6, 6.07) is 21.3. The molecule has 244 valence electrons. The SMILES string of the molecule is O=C1c2ccccc2CN1C1CCN(CCCCC2(C(=O)NCC(F)(F)C(F)(F)C(F)(F)F)c3ccccc3-c3ccccc32)C1. The van der Waals surface area contributed by atoms with Crippen molar-refractivity contribution in [1.29, 1.82) is 0 Å². The zero-order valence-corrected chi connectivity index (χ0v) is 24.7.